The minimum Gasteiger partial charge on any atom is -0.368 e. The SMILES string of the molecule is Cc1cccc(N2CCN(c3ccc(N4C(=O)[C@@H]5CC[C@H](C)C[C@H]5C4=O)cc3[N+](=O)[O-])CC2)c1C. The zero-order valence-electron chi connectivity index (χ0n) is 20.6. The van der Waals surface area contributed by atoms with Crippen molar-refractivity contribution in [1.29, 1.82) is 0 Å². The normalized spacial score (nSPS) is 24.7. The molecule has 1 saturated carbocycles. The average Bonchev–Trinajstić information content (AvgIpc) is 3.09. The van der Waals surface area contributed by atoms with Crippen LogP contribution in [0, 0.1) is 41.7 Å². The standard InChI is InChI=1S/C27H32N4O4/c1-17-7-9-21-22(15-17)27(33)30(26(21)32)20-8-10-24(25(16-20)31(34)35)29-13-11-28(12-14-29)23-6-4-5-18(2)19(23)3/h4-6,8,10,16-17,21-22H,7,9,11-15H2,1-3H3/t17-,21+,22+/m0/s1. The Labute approximate surface area is 205 Å². The summed E-state index contributed by atoms with van der Waals surface area (Å²) in [5.41, 5.74) is 4.49. The lowest BCUT2D eigenvalue weighted by Crippen LogP contribution is -2.47. The van der Waals surface area contributed by atoms with Crippen molar-refractivity contribution in [3.05, 3.63) is 57.6 Å². The van der Waals surface area contributed by atoms with Gasteiger partial charge in [-0.05, 0) is 68.4 Å². The Morgan fingerprint density at radius 1 is 0.886 bits per heavy atom. The molecule has 8 heteroatoms. The van der Waals surface area contributed by atoms with Crippen molar-refractivity contribution in [2.24, 2.45) is 17.8 Å². The molecule has 35 heavy (non-hydrogen) atoms. The number of nitrogens with zero attached hydrogens (tertiary/aromatic N) is 4. The van der Waals surface area contributed by atoms with E-state index in [1.807, 2.05) is 4.90 Å². The van der Waals surface area contributed by atoms with Crippen LogP contribution in [0.2, 0.25) is 0 Å². The van der Waals surface area contributed by atoms with Crippen molar-refractivity contribution < 1.29 is 14.5 Å². The number of aryl methyl sites for hydroxylation is 1. The van der Waals surface area contributed by atoms with E-state index < -0.39 is 4.92 Å². The molecule has 3 fully saturated rings. The molecule has 8 nitrogen and oxygen atoms in total. The number of rotatable bonds is 4. The quantitative estimate of drug-likeness (QED) is 0.368. The van der Waals surface area contributed by atoms with Gasteiger partial charge in [0.15, 0.2) is 0 Å². The van der Waals surface area contributed by atoms with E-state index in [-0.39, 0.29) is 29.3 Å². The number of anilines is 3. The van der Waals surface area contributed by atoms with E-state index in [2.05, 4.69) is 43.9 Å². The number of piperazine rings is 1. The summed E-state index contributed by atoms with van der Waals surface area (Å²) in [6.45, 7) is 9.15. The number of fused-ring (bicyclic) bond motifs is 1. The molecule has 2 aliphatic heterocycles. The molecule has 2 heterocycles. The van der Waals surface area contributed by atoms with Gasteiger partial charge in [0.05, 0.1) is 22.4 Å². The highest BCUT2D eigenvalue weighted by molar-refractivity contribution is 6.22. The second-order valence-electron chi connectivity index (χ2n) is 10.3. The zero-order valence-corrected chi connectivity index (χ0v) is 20.6. The fourth-order valence-corrected chi connectivity index (χ4v) is 5.98. The van der Waals surface area contributed by atoms with Gasteiger partial charge in [-0.1, -0.05) is 19.1 Å². The van der Waals surface area contributed by atoms with Gasteiger partial charge in [0.25, 0.3) is 5.69 Å². The first-order valence-corrected chi connectivity index (χ1v) is 12.5. The number of hydrogen-bond acceptors (Lipinski definition) is 6. The minimum atomic E-state index is -0.407. The number of benzene rings is 2. The summed E-state index contributed by atoms with van der Waals surface area (Å²) in [6.07, 6.45) is 2.34. The number of nitro groups is 1. The van der Waals surface area contributed by atoms with E-state index in [1.165, 1.54) is 27.8 Å². The van der Waals surface area contributed by atoms with Crippen LogP contribution in [0.1, 0.15) is 37.3 Å². The van der Waals surface area contributed by atoms with Crippen molar-refractivity contribution in [2.75, 3.05) is 40.9 Å². The van der Waals surface area contributed by atoms with Crippen LogP contribution in [0.25, 0.3) is 0 Å². The van der Waals surface area contributed by atoms with Gasteiger partial charge >= 0.3 is 0 Å². The van der Waals surface area contributed by atoms with Gasteiger partial charge in [-0.2, -0.15) is 0 Å². The molecule has 0 N–H and O–H groups in total. The lowest BCUT2D eigenvalue weighted by Gasteiger charge is -2.38. The first-order chi connectivity index (χ1) is 16.8. The maximum absolute atomic E-state index is 13.1. The Morgan fingerprint density at radius 2 is 1.54 bits per heavy atom. The van der Waals surface area contributed by atoms with Crippen molar-refractivity contribution >= 4 is 34.6 Å². The van der Waals surface area contributed by atoms with E-state index in [1.54, 1.807) is 12.1 Å². The van der Waals surface area contributed by atoms with Crippen LogP contribution in [-0.2, 0) is 9.59 Å². The molecule has 0 spiro atoms. The number of nitro benzene ring substituents is 1. The molecule has 0 radical (unpaired) electrons. The van der Waals surface area contributed by atoms with Gasteiger partial charge in [0.2, 0.25) is 11.8 Å². The summed E-state index contributed by atoms with van der Waals surface area (Å²) in [4.78, 5) is 43.3. The molecule has 184 valence electrons. The number of hydrogen-bond donors (Lipinski definition) is 0. The van der Waals surface area contributed by atoms with E-state index in [9.17, 15) is 19.7 Å². The van der Waals surface area contributed by atoms with Crippen LogP contribution in [0.3, 0.4) is 0 Å². The Morgan fingerprint density at radius 3 is 2.23 bits per heavy atom. The molecule has 5 rings (SSSR count). The van der Waals surface area contributed by atoms with Crippen LogP contribution in [0.4, 0.5) is 22.7 Å². The predicted octanol–water partition coefficient (Wildman–Crippen LogP) is 4.46. The summed E-state index contributed by atoms with van der Waals surface area (Å²) in [6, 6.07) is 11.1. The summed E-state index contributed by atoms with van der Waals surface area (Å²) in [5, 5.41) is 12.0. The maximum Gasteiger partial charge on any atom is 0.294 e. The first kappa shape index (κ1) is 23.3. The van der Waals surface area contributed by atoms with Crippen LogP contribution in [0.5, 0.6) is 0 Å². The van der Waals surface area contributed by atoms with E-state index in [0.717, 1.165) is 19.5 Å². The molecule has 0 unspecified atom stereocenters. The second-order valence-corrected chi connectivity index (χ2v) is 10.3. The molecule has 2 aromatic rings. The molecule has 1 aliphatic carbocycles. The maximum atomic E-state index is 13.1. The lowest BCUT2D eigenvalue weighted by molar-refractivity contribution is -0.384. The monoisotopic (exact) mass is 476 g/mol. The third-order valence-electron chi connectivity index (χ3n) is 8.14. The second kappa shape index (κ2) is 8.98. The summed E-state index contributed by atoms with van der Waals surface area (Å²) >= 11 is 0. The molecule has 3 aliphatic rings. The summed E-state index contributed by atoms with van der Waals surface area (Å²) in [5.74, 6) is -0.613. The lowest BCUT2D eigenvalue weighted by atomic mass is 9.76. The average molecular weight is 477 g/mol. The molecule has 2 amide bonds. The highest BCUT2D eigenvalue weighted by Crippen LogP contribution is 2.43. The van der Waals surface area contributed by atoms with E-state index in [4.69, 9.17) is 0 Å². The van der Waals surface area contributed by atoms with Crippen LogP contribution in [-0.4, -0.2) is 42.9 Å². The molecular formula is C27H32N4O4. The topological polar surface area (TPSA) is 87.0 Å². The third-order valence-corrected chi connectivity index (χ3v) is 8.14. The number of amides is 2. The smallest absolute Gasteiger partial charge is 0.294 e. The number of imide groups is 1. The highest BCUT2D eigenvalue weighted by Gasteiger charge is 2.50. The van der Waals surface area contributed by atoms with Crippen molar-refractivity contribution in [3.63, 3.8) is 0 Å². The zero-order chi connectivity index (χ0) is 24.9. The Balaban J connectivity index is 1.37. The van der Waals surface area contributed by atoms with Gasteiger partial charge in [-0.3, -0.25) is 19.7 Å². The van der Waals surface area contributed by atoms with Crippen molar-refractivity contribution in [3.8, 4) is 0 Å². The Bertz CT molecular complexity index is 1190. The Kier molecular flexibility index (Phi) is 5.99. The molecule has 3 atom stereocenters. The van der Waals surface area contributed by atoms with Gasteiger partial charge in [0, 0.05) is 37.9 Å². The van der Waals surface area contributed by atoms with Crippen LogP contribution in [0.15, 0.2) is 36.4 Å². The van der Waals surface area contributed by atoms with Crippen molar-refractivity contribution in [2.45, 2.75) is 40.0 Å². The minimum absolute atomic E-state index is 0.0634. The summed E-state index contributed by atoms with van der Waals surface area (Å²) in [7, 11) is 0. The van der Waals surface area contributed by atoms with Gasteiger partial charge in [0.1, 0.15) is 5.69 Å². The van der Waals surface area contributed by atoms with Crippen LogP contribution >= 0.6 is 0 Å². The van der Waals surface area contributed by atoms with Crippen LogP contribution < -0.4 is 14.7 Å². The van der Waals surface area contributed by atoms with Gasteiger partial charge in [-0.25, -0.2) is 4.90 Å². The molecular weight excluding hydrogens is 444 g/mol. The van der Waals surface area contributed by atoms with E-state index in [0.29, 0.717) is 43.2 Å². The summed E-state index contributed by atoms with van der Waals surface area (Å²) < 4.78 is 0. The predicted molar refractivity (Wildman–Crippen MR) is 136 cm³/mol. The fourth-order valence-electron chi connectivity index (χ4n) is 5.98. The van der Waals surface area contributed by atoms with Gasteiger partial charge < -0.3 is 9.80 Å². The Hall–Kier alpha value is -3.42. The molecule has 2 saturated heterocycles. The largest absolute Gasteiger partial charge is 0.368 e. The van der Waals surface area contributed by atoms with Crippen molar-refractivity contribution in [1.82, 2.24) is 0 Å². The first-order valence-electron chi connectivity index (χ1n) is 12.5. The molecule has 0 aromatic heterocycles. The fraction of sp³-hybridized carbons (Fsp3) is 0.481. The van der Waals surface area contributed by atoms with E-state index >= 15 is 0 Å². The van der Waals surface area contributed by atoms with Gasteiger partial charge in [-0.15, -0.1) is 0 Å². The molecule has 2 aromatic carbocycles. The highest BCUT2D eigenvalue weighted by atomic mass is 16.6. The third kappa shape index (κ3) is 4.05. The molecule has 0 bridgehead atoms. The number of carbonyl (C=O) groups is 2. The number of carbonyl (C=O) groups excluding carboxylic acids is 2.